The summed E-state index contributed by atoms with van der Waals surface area (Å²) < 4.78 is 4.86. The van der Waals surface area contributed by atoms with Crippen molar-refractivity contribution < 1.29 is 29.6 Å². The van der Waals surface area contributed by atoms with Gasteiger partial charge in [0, 0.05) is 12.2 Å². The van der Waals surface area contributed by atoms with Gasteiger partial charge >= 0.3 is 11.9 Å². The fourth-order valence-electron chi connectivity index (χ4n) is 1.70. The fourth-order valence-corrected chi connectivity index (χ4v) is 1.70. The summed E-state index contributed by atoms with van der Waals surface area (Å²) in [5.74, 6) is -1.59. The molecule has 0 aromatic heterocycles. The lowest BCUT2D eigenvalue weighted by Crippen LogP contribution is -1.87. The third-order valence-electron chi connectivity index (χ3n) is 2.84. The van der Waals surface area contributed by atoms with Crippen molar-refractivity contribution in [1.82, 2.24) is 0 Å². The summed E-state index contributed by atoms with van der Waals surface area (Å²) in [7, 11) is 1.43. The summed E-state index contributed by atoms with van der Waals surface area (Å²) in [4.78, 5) is 20.3. The first-order valence-corrected chi connectivity index (χ1v) is 7.16. The number of aromatic hydroxyl groups is 1. The van der Waals surface area contributed by atoms with Crippen LogP contribution in [-0.2, 0) is 9.59 Å². The largest absolute Gasteiger partial charge is 0.504 e. The molecule has 130 valence electrons. The van der Waals surface area contributed by atoms with E-state index in [0.29, 0.717) is 11.3 Å². The van der Waals surface area contributed by atoms with Gasteiger partial charge in [-0.15, -0.1) is 0 Å². The second-order valence-electron chi connectivity index (χ2n) is 4.69. The molecule has 2 aromatic rings. The van der Waals surface area contributed by atoms with Gasteiger partial charge in [-0.1, -0.05) is 36.4 Å². The van der Waals surface area contributed by atoms with E-state index >= 15 is 0 Å². The molecule has 0 saturated carbocycles. The zero-order chi connectivity index (χ0) is 18.7. The number of phenolic OH excluding ortho intramolecular Hbond substituents is 1. The summed E-state index contributed by atoms with van der Waals surface area (Å²) in [5, 5.41) is 25.9. The molecule has 6 nitrogen and oxygen atoms in total. The molecule has 0 atom stereocenters. The fraction of sp³-hybridized carbons (Fsp3) is 0.0526. The van der Waals surface area contributed by atoms with Crippen molar-refractivity contribution in [3.8, 4) is 11.5 Å². The van der Waals surface area contributed by atoms with Gasteiger partial charge in [0.1, 0.15) is 0 Å². The second-order valence-corrected chi connectivity index (χ2v) is 4.69. The van der Waals surface area contributed by atoms with Crippen LogP contribution in [0.1, 0.15) is 11.1 Å². The predicted octanol–water partition coefficient (Wildman–Crippen LogP) is 3.28. The Bertz CT molecular complexity index is 763. The minimum atomic E-state index is -1.02. The van der Waals surface area contributed by atoms with Gasteiger partial charge in [0.15, 0.2) is 11.5 Å². The summed E-state index contributed by atoms with van der Waals surface area (Å²) in [6, 6.07) is 13.9. The molecular formula is C19H18O6. The number of benzene rings is 2. The first kappa shape index (κ1) is 19.5. The molecule has 0 amide bonds. The van der Waals surface area contributed by atoms with Gasteiger partial charge in [0.05, 0.1) is 7.11 Å². The molecule has 0 heterocycles. The summed E-state index contributed by atoms with van der Waals surface area (Å²) in [5.41, 5.74) is 1.55. The van der Waals surface area contributed by atoms with Gasteiger partial charge in [-0.25, -0.2) is 9.59 Å². The first-order chi connectivity index (χ1) is 11.9. The summed E-state index contributed by atoms with van der Waals surface area (Å²) >= 11 is 0. The van der Waals surface area contributed by atoms with Gasteiger partial charge in [-0.3, -0.25) is 0 Å². The number of methoxy groups -OCH3 is 1. The van der Waals surface area contributed by atoms with E-state index in [-0.39, 0.29) is 5.75 Å². The SMILES string of the molecule is COc1cc(/C=C/C(=O)O)ccc1O.O=C(O)/C=C/c1ccccc1. The first-order valence-electron chi connectivity index (χ1n) is 7.16. The lowest BCUT2D eigenvalue weighted by Gasteiger charge is -2.03. The zero-order valence-corrected chi connectivity index (χ0v) is 13.5. The molecule has 2 aromatic carbocycles. The number of rotatable bonds is 5. The maximum absolute atomic E-state index is 10.2. The third-order valence-corrected chi connectivity index (χ3v) is 2.84. The number of ether oxygens (including phenoxy) is 1. The Balaban J connectivity index is 0.000000257. The van der Waals surface area contributed by atoms with Gasteiger partial charge in [0.2, 0.25) is 0 Å². The normalized spacial score (nSPS) is 10.3. The molecular weight excluding hydrogens is 324 g/mol. The summed E-state index contributed by atoms with van der Waals surface area (Å²) in [6.07, 6.45) is 5.12. The Morgan fingerprint density at radius 3 is 1.96 bits per heavy atom. The topological polar surface area (TPSA) is 104 Å². The number of carboxylic acid groups (broad SMARTS) is 2. The summed E-state index contributed by atoms with van der Waals surface area (Å²) in [6.45, 7) is 0. The molecule has 0 spiro atoms. The smallest absolute Gasteiger partial charge is 0.328 e. The van der Waals surface area contributed by atoms with Crippen molar-refractivity contribution in [3.05, 3.63) is 71.8 Å². The Kier molecular flexibility index (Phi) is 8.02. The van der Waals surface area contributed by atoms with Crippen LogP contribution < -0.4 is 4.74 Å². The number of carbonyl (C=O) groups is 2. The van der Waals surface area contributed by atoms with Crippen molar-refractivity contribution in [2.75, 3.05) is 7.11 Å². The Morgan fingerprint density at radius 2 is 1.44 bits per heavy atom. The lowest BCUT2D eigenvalue weighted by atomic mass is 10.2. The van der Waals surface area contributed by atoms with Crippen molar-refractivity contribution in [3.63, 3.8) is 0 Å². The van der Waals surface area contributed by atoms with Crippen molar-refractivity contribution in [2.24, 2.45) is 0 Å². The number of aliphatic carboxylic acids is 2. The number of carboxylic acids is 2. The highest BCUT2D eigenvalue weighted by atomic mass is 16.5. The zero-order valence-electron chi connectivity index (χ0n) is 13.5. The molecule has 0 aliphatic carbocycles. The van der Waals surface area contributed by atoms with Crippen LogP contribution in [0.15, 0.2) is 60.7 Å². The molecule has 0 radical (unpaired) electrons. The monoisotopic (exact) mass is 342 g/mol. The molecule has 0 aliphatic rings. The highest BCUT2D eigenvalue weighted by Crippen LogP contribution is 2.26. The van der Waals surface area contributed by atoms with Gasteiger partial charge < -0.3 is 20.1 Å². The van der Waals surface area contributed by atoms with E-state index in [4.69, 9.17) is 14.9 Å². The minimum absolute atomic E-state index is 0.0278. The van der Waals surface area contributed by atoms with Crippen LogP contribution in [0.25, 0.3) is 12.2 Å². The van der Waals surface area contributed by atoms with Crippen LogP contribution in [0.3, 0.4) is 0 Å². The predicted molar refractivity (Wildman–Crippen MR) is 94.4 cm³/mol. The van der Waals surface area contributed by atoms with Gasteiger partial charge in [-0.05, 0) is 35.4 Å². The van der Waals surface area contributed by atoms with Crippen LogP contribution in [0.5, 0.6) is 11.5 Å². The van der Waals surface area contributed by atoms with E-state index in [0.717, 1.165) is 17.7 Å². The molecule has 2 rings (SSSR count). The highest BCUT2D eigenvalue weighted by Gasteiger charge is 2.00. The second kappa shape index (κ2) is 10.3. The van der Waals surface area contributed by atoms with E-state index in [1.165, 1.54) is 19.3 Å². The molecule has 0 unspecified atom stereocenters. The van der Waals surface area contributed by atoms with Crippen molar-refractivity contribution in [1.29, 1.82) is 0 Å². The molecule has 0 saturated heterocycles. The van der Waals surface area contributed by atoms with E-state index in [1.807, 2.05) is 30.3 Å². The maximum Gasteiger partial charge on any atom is 0.328 e. The molecule has 0 aliphatic heterocycles. The van der Waals surface area contributed by atoms with Crippen LogP contribution >= 0.6 is 0 Å². The highest BCUT2D eigenvalue weighted by molar-refractivity contribution is 5.85. The quantitative estimate of drug-likeness (QED) is 0.720. The minimum Gasteiger partial charge on any atom is -0.504 e. The number of hydrogen-bond donors (Lipinski definition) is 3. The molecule has 3 N–H and O–H groups in total. The van der Waals surface area contributed by atoms with E-state index in [1.54, 1.807) is 18.2 Å². The number of hydrogen-bond acceptors (Lipinski definition) is 4. The van der Waals surface area contributed by atoms with Crippen molar-refractivity contribution >= 4 is 24.1 Å². The maximum atomic E-state index is 10.2. The molecule has 0 fully saturated rings. The van der Waals surface area contributed by atoms with E-state index in [2.05, 4.69) is 0 Å². The van der Waals surface area contributed by atoms with E-state index < -0.39 is 11.9 Å². The Morgan fingerprint density at radius 1 is 0.880 bits per heavy atom. The Labute approximate surface area is 144 Å². The molecule has 0 bridgehead atoms. The third kappa shape index (κ3) is 8.03. The average molecular weight is 342 g/mol. The van der Waals surface area contributed by atoms with Gasteiger partial charge in [0.25, 0.3) is 0 Å². The van der Waals surface area contributed by atoms with E-state index in [9.17, 15) is 14.7 Å². The molecule has 6 heteroatoms. The van der Waals surface area contributed by atoms with Crippen LogP contribution in [0, 0.1) is 0 Å². The van der Waals surface area contributed by atoms with Gasteiger partial charge in [-0.2, -0.15) is 0 Å². The molecule has 25 heavy (non-hydrogen) atoms. The van der Waals surface area contributed by atoms with Crippen LogP contribution in [-0.4, -0.2) is 34.4 Å². The number of phenols is 1. The lowest BCUT2D eigenvalue weighted by molar-refractivity contribution is -0.132. The van der Waals surface area contributed by atoms with Crippen LogP contribution in [0.4, 0.5) is 0 Å². The Hall–Kier alpha value is -3.54. The van der Waals surface area contributed by atoms with Crippen LogP contribution in [0.2, 0.25) is 0 Å². The van der Waals surface area contributed by atoms with Crippen molar-refractivity contribution in [2.45, 2.75) is 0 Å². The average Bonchev–Trinajstić information content (AvgIpc) is 2.60. The standard InChI is InChI=1S/C10H10O4.C9H8O2/c1-14-9-6-7(2-4-8(9)11)3-5-10(12)13;10-9(11)7-6-8-4-2-1-3-5-8/h2-6,11H,1H3,(H,12,13);1-7H,(H,10,11)/b5-3+;7-6+.